The van der Waals surface area contributed by atoms with Crippen molar-refractivity contribution in [2.45, 2.75) is 0 Å². The first-order valence-corrected chi connectivity index (χ1v) is 16.6. The summed E-state index contributed by atoms with van der Waals surface area (Å²) in [6.45, 7) is 0. The third-order valence-corrected chi connectivity index (χ3v) is 9.31. The van der Waals surface area contributed by atoms with Gasteiger partial charge < -0.3 is 0 Å². The van der Waals surface area contributed by atoms with Gasteiger partial charge in [0.15, 0.2) is 5.82 Å². The molecule has 49 heavy (non-hydrogen) atoms. The Morgan fingerprint density at radius 3 is 1.35 bits per heavy atom. The van der Waals surface area contributed by atoms with Gasteiger partial charge in [0.05, 0.1) is 5.69 Å². The summed E-state index contributed by atoms with van der Waals surface area (Å²) in [5.74, 6) is 0.702. The Morgan fingerprint density at radius 1 is 0.327 bits per heavy atom. The van der Waals surface area contributed by atoms with Gasteiger partial charge in [0, 0.05) is 5.56 Å². The van der Waals surface area contributed by atoms with Crippen molar-refractivity contribution in [3.05, 3.63) is 188 Å². The molecule has 0 N–H and O–H groups in total. The van der Waals surface area contributed by atoms with Crippen LogP contribution in [0.2, 0.25) is 0 Å². The monoisotopic (exact) mass is 625 g/mol. The lowest BCUT2D eigenvalue weighted by Crippen LogP contribution is -1.97. The SMILES string of the molecule is c1ccc(-c2cccc(-c3c4ccccc4c(-c4cccc(-c5ccccc5)c4)c4cc(-n5cnc(-c6ccccc6)n5)ccc34)c2)cc1. The summed E-state index contributed by atoms with van der Waals surface area (Å²) < 4.78 is 1.89. The van der Waals surface area contributed by atoms with Crippen LogP contribution in [0.1, 0.15) is 0 Å². The Balaban J connectivity index is 1.32. The zero-order valence-corrected chi connectivity index (χ0v) is 26.7. The van der Waals surface area contributed by atoms with Crippen LogP contribution in [0.5, 0.6) is 0 Å². The van der Waals surface area contributed by atoms with Gasteiger partial charge in [-0.3, -0.25) is 0 Å². The molecular formula is C46H31N3. The molecule has 9 rings (SSSR count). The highest BCUT2D eigenvalue weighted by atomic mass is 15.3. The molecule has 1 aromatic heterocycles. The second-order valence-corrected chi connectivity index (χ2v) is 12.3. The van der Waals surface area contributed by atoms with Crippen molar-refractivity contribution < 1.29 is 0 Å². The zero-order chi connectivity index (χ0) is 32.6. The lowest BCUT2D eigenvalue weighted by Gasteiger charge is -2.19. The van der Waals surface area contributed by atoms with E-state index in [1.54, 1.807) is 0 Å². The summed E-state index contributed by atoms with van der Waals surface area (Å²) in [6, 6.07) is 64.7. The van der Waals surface area contributed by atoms with Crippen molar-refractivity contribution in [2.75, 3.05) is 0 Å². The van der Waals surface area contributed by atoms with E-state index < -0.39 is 0 Å². The lowest BCUT2D eigenvalue weighted by atomic mass is 9.84. The molecule has 0 radical (unpaired) electrons. The second kappa shape index (κ2) is 12.2. The summed E-state index contributed by atoms with van der Waals surface area (Å²) in [6.07, 6.45) is 1.81. The number of aromatic nitrogens is 3. The highest BCUT2D eigenvalue weighted by Crippen LogP contribution is 2.45. The molecule has 0 atom stereocenters. The fourth-order valence-electron chi connectivity index (χ4n) is 7.01. The Bertz CT molecular complexity index is 2590. The van der Waals surface area contributed by atoms with Gasteiger partial charge in [0.1, 0.15) is 6.33 Å². The average molecular weight is 626 g/mol. The highest BCUT2D eigenvalue weighted by molar-refractivity contribution is 6.22. The Hall–Kier alpha value is -6.58. The Morgan fingerprint density at radius 2 is 0.776 bits per heavy atom. The number of hydrogen-bond donors (Lipinski definition) is 0. The molecule has 8 aromatic carbocycles. The molecule has 0 bridgehead atoms. The first kappa shape index (κ1) is 28.6. The van der Waals surface area contributed by atoms with Crippen LogP contribution in [0, 0.1) is 0 Å². The summed E-state index contributed by atoms with van der Waals surface area (Å²) in [4.78, 5) is 4.67. The smallest absolute Gasteiger partial charge is 0.181 e. The molecule has 230 valence electrons. The van der Waals surface area contributed by atoms with Crippen molar-refractivity contribution in [2.24, 2.45) is 0 Å². The Kier molecular flexibility index (Phi) is 7.14. The van der Waals surface area contributed by atoms with Crippen LogP contribution in [0.25, 0.3) is 83.1 Å². The summed E-state index contributed by atoms with van der Waals surface area (Å²) in [5, 5.41) is 9.70. The van der Waals surface area contributed by atoms with Gasteiger partial charge in [-0.25, -0.2) is 9.67 Å². The Labute approximate surface area is 285 Å². The number of benzene rings is 8. The van der Waals surface area contributed by atoms with Crippen molar-refractivity contribution in [3.8, 4) is 61.6 Å². The van der Waals surface area contributed by atoms with E-state index in [0.717, 1.165) is 11.3 Å². The molecule has 1 heterocycles. The molecule has 3 heteroatoms. The first-order valence-electron chi connectivity index (χ1n) is 16.6. The van der Waals surface area contributed by atoms with E-state index in [1.165, 1.54) is 66.1 Å². The third-order valence-electron chi connectivity index (χ3n) is 9.31. The van der Waals surface area contributed by atoms with E-state index >= 15 is 0 Å². The minimum Gasteiger partial charge on any atom is -0.220 e. The van der Waals surface area contributed by atoms with Crippen LogP contribution < -0.4 is 0 Å². The van der Waals surface area contributed by atoms with E-state index in [9.17, 15) is 0 Å². The second-order valence-electron chi connectivity index (χ2n) is 12.3. The maximum Gasteiger partial charge on any atom is 0.181 e. The molecule has 3 nitrogen and oxygen atoms in total. The van der Waals surface area contributed by atoms with Crippen LogP contribution in [-0.4, -0.2) is 14.8 Å². The van der Waals surface area contributed by atoms with Crippen molar-refractivity contribution >= 4 is 21.5 Å². The van der Waals surface area contributed by atoms with Crippen LogP contribution in [-0.2, 0) is 0 Å². The van der Waals surface area contributed by atoms with Crippen LogP contribution >= 0.6 is 0 Å². The van der Waals surface area contributed by atoms with Gasteiger partial charge in [-0.05, 0) is 90.3 Å². The maximum absolute atomic E-state index is 4.91. The van der Waals surface area contributed by atoms with Crippen LogP contribution in [0.3, 0.4) is 0 Å². The molecule has 9 aromatic rings. The normalized spacial score (nSPS) is 11.3. The fraction of sp³-hybridized carbons (Fsp3) is 0. The molecular weight excluding hydrogens is 595 g/mol. The molecule has 0 saturated heterocycles. The quantitative estimate of drug-likeness (QED) is 0.172. The summed E-state index contributed by atoms with van der Waals surface area (Å²) >= 11 is 0. The molecule has 0 unspecified atom stereocenters. The summed E-state index contributed by atoms with van der Waals surface area (Å²) in [7, 11) is 0. The van der Waals surface area contributed by atoms with E-state index in [-0.39, 0.29) is 0 Å². The summed E-state index contributed by atoms with van der Waals surface area (Å²) in [5.41, 5.74) is 11.5. The standard InChI is InChI=1S/C46H31N3/c1-4-14-32(15-5-1)35-20-12-22-37(28-35)44-40-24-10-11-25-41(40)45(38-23-13-21-36(29-38)33-16-6-2-7-17-33)43-30-39(26-27-42(43)44)49-31-47-46(48-49)34-18-8-3-9-19-34/h1-31H. The predicted octanol–water partition coefficient (Wildman–Crippen LogP) is 11.9. The molecule has 0 fully saturated rings. The number of fused-ring (bicyclic) bond motifs is 2. The molecule has 0 spiro atoms. The zero-order valence-electron chi connectivity index (χ0n) is 26.7. The van der Waals surface area contributed by atoms with E-state index in [2.05, 4.69) is 157 Å². The molecule has 0 aliphatic carbocycles. The minimum atomic E-state index is 0.702. The molecule has 0 aliphatic rings. The van der Waals surface area contributed by atoms with Gasteiger partial charge in [-0.1, -0.05) is 158 Å². The predicted molar refractivity (Wildman–Crippen MR) is 204 cm³/mol. The van der Waals surface area contributed by atoms with Gasteiger partial charge >= 0.3 is 0 Å². The van der Waals surface area contributed by atoms with Gasteiger partial charge in [0.25, 0.3) is 0 Å². The molecule has 0 amide bonds. The van der Waals surface area contributed by atoms with Gasteiger partial charge in [-0.2, -0.15) is 0 Å². The lowest BCUT2D eigenvalue weighted by molar-refractivity contribution is 0.884. The third kappa shape index (κ3) is 5.28. The van der Waals surface area contributed by atoms with E-state index in [4.69, 9.17) is 5.10 Å². The maximum atomic E-state index is 4.91. The van der Waals surface area contributed by atoms with Crippen LogP contribution in [0.15, 0.2) is 188 Å². The van der Waals surface area contributed by atoms with Crippen molar-refractivity contribution in [1.29, 1.82) is 0 Å². The first-order chi connectivity index (χ1) is 24.3. The van der Waals surface area contributed by atoms with E-state index in [1.807, 2.05) is 41.3 Å². The van der Waals surface area contributed by atoms with E-state index in [0.29, 0.717) is 5.82 Å². The number of nitrogens with zero attached hydrogens (tertiary/aromatic N) is 3. The fourth-order valence-corrected chi connectivity index (χ4v) is 7.01. The van der Waals surface area contributed by atoms with Crippen molar-refractivity contribution in [3.63, 3.8) is 0 Å². The van der Waals surface area contributed by atoms with Crippen LogP contribution in [0.4, 0.5) is 0 Å². The highest BCUT2D eigenvalue weighted by Gasteiger charge is 2.19. The number of hydrogen-bond acceptors (Lipinski definition) is 2. The minimum absolute atomic E-state index is 0.702. The topological polar surface area (TPSA) is 30.7 Å². The van der Waals surface area contributed by atoms with Gasteiger partial charge in [0.2, 0.25) is 0 Å². The molecule has 0 saturated carbocycles. The average Bonchev–Trinajstić information content (AvgIpc) is 3.69. The molecule has 0 aliphatic heterocycles. The van der Waals surface area contributed by atoms with Gasteiger partial charge in [-0.15, -0.1) is 5.10 Å². The number of rotatable bonds is 6. The van der Waals surface area contributed by atoms with Crippen molar-refractivity contribution in [1.82, 2.24) is 14.8 Å². The largest absolute Gasteiger partial charge is 0.220 e.